The van der Waals surface area contributed by atoms with Crippen LogP contribution in [0.3, 0.4) is 0 Å². The lowest BCUT2D eigenvalue weighted by atomic mass is 10.1. The van der Waals surface area contributed by atoms with E-state index < -0.39 is 6.04 Å². The average Bonchev–Trinajstić information content (AvgIpc) is 3.26. The van der Waals surface area contributed by atoms with Crippen molar-refractivity contribution in [2.75, 3.05) is 6.54 Å². The number of carbonyl (C=O) groups is 2. The minimum atomic E-state index is -0.498. The molecule has 1 fully saturated rings. The Morgan fingerprint density at radius 2 is 1.70 bits per heavy atom. The van der Waals surface area contributed by atoms with Gasteiger partial charge in [-0.2, -0.15) is 0 Å². The predicted molar refractivity (Wildman–Crippen MR) is 116 cm³/mol. The van der Waals surface area contributed by atoms with Crippen molar-refractivity contribution in [1.29, 1.82) is 0 Å². The molecule has 1 saturated carbocycles. The molecule has 160 valence electrons. The Morgan fingerprint density at radius 1 is 1.03 bits per heavy atom. The van der Waals surface area contributed by atoms with Gasteiger partial charge in [0.15, 0.2) is 0 Å². The molecule has 0 bridgehead atoms. The van der Waals surface area contributed by atoms with Gasteiger partial charge in [-0.05, 0) is 48.9 Å². The minimum Gasteiger partial charge on any atom is -0.352 e. The maximum Gasteiger partial charge on any atom is 0.243 e. The predicted octanol–water partition coefficient (Wildman–Crippen LogP) is 4.28. The molecular weight excluding hydrogens is 379 g/mol. The molecule has 0 unspecified atom stereocenters. The molecule has 2 aromatic carbocycles. The van der Waals surface area contributed by atoms with Gasteiger partial charge in [0.2, 0.25) is 11.8 Å². The van der Waals surface area contributed by atoms with Crippen LogP contribution in [-0.4, -0.2) is 35.3 Å². The first kappa shape index (κ1) is 22.0. The number of rotatable bonds is 9. The van der Waals surface area contributed by atoms with E-state index in [0.29, 0.717) is 19.4 Å². The van der Waals surface area contributed by atoms with Crippen molar-refractivity contribution in [2.45, 2.75) is 64.0 Å². The zero-order valence-electron chi connectivity index (χ0n) is 17.6. The molecule has 2 amide bonds. The van der Waals surface area contributed by atoms with Gasteiger partial charge in [0.1, 0.15) is 11.9 Å². The largest absolute Gasteiger partial charge is 0.352 e. The highest BCUT2D eigenvalue weighted by Gasteiger charge is 2.30. The summed E-state index contributed by atoms with van der Waals surface area (Å²) in [6, 6.07) is 15.7. The van der Waals surface area contributed by atoms with E-state index in [2.05, 4.69) is 5.32 Å². The Kier molecular flexibility index (Phi) is 8.00. The summed E-state index contributed by atoms with van der Waals surface area (Å²) in [6.07, 6.45) is 5.70. The second-order valence-electron chi connectivity index (χ2n) is 8.04. The number of carbonyl (C=O) groups excluding carboxylic acids is 2. The molecule has 0 radical (unpaired) electrons. The van der Waals surface area contributed by atoms with Gasteiger partial charge < -0.3 is 10.2 Å². The first-order valence-corrected chi connectivity index (χ1v) is 10.9. The minimum absolute atomic E-state index is 0.0649. The van der Waals surface area contributed by atoms with Crippen molar-refractivity contribution >= 4 is 11.8 Å². The lowest BCUT2D eigenvalue weighted by Crippen LogP contribution is -2.52. The molecule has 0 heterocycles. The molecule has 4 nitrogen and oxygen atoms in total. The Balaban J connectivity index is 1.74. The van der Waals surface area contributed by atoms with E-state index in [-0.39, 0.29) is 30.1 Å². The van der Waals surface area contributed by atoms with Crippen LogP contribution in [0.4, 0.5) is 4.39 Å². The van der Waals surface area contributed by atoms with Gasteiger partial charge in [0.25, 0.3) is 0 Å². The van der Waals surface area contributed by atoms with Crippen LogP contribution in [-0.2, 0) is 22.4 Å². The molecule has 0 aliphatic heterocycles. The van der Waals surface area contributed by atoms with Crippen molar-refractivity contribution < 1.29 is 14.0 Å². The van der Waals surface area contributed by atoms with Gasteiger partial charge in [-0.25, -0.2) is 4.39 Å². The van der Waals surface area contributed by atoms with Crippen LogP contribution in [0.1, 0.15) is 50.2 Å². The monoisotopic (exact) mass is 410 g/mol. The molecular formula is C25H31FN2O2. The Bertz CT molecular complexity index is 817. The summed E-state index contributed by atoms with van der Waals surface area (Å²) in [4.78, 5) is 28.0. The van der Waals surface area contributed by atoms with Crippen molar-refractivity contribution in [3.05, 3.63) is 71.5 Å². The number of hydrogen-bond acceptors (Lipinski definition) is 2. The number of hydrogen-bond donors (Lipinski definition) is 1. The molecule has 1 atom stereocenters. The maximum absolute atomic E-state index is 13.2. The number of halogens is 1. The van der Waals surface area contributed by atoms with Crippen molar-refractivity contribution in [2.24, 2.45) is 0 Å². The number of amides is 2. The third-order valence-corrected chi connectivity index (χ3v) is 5.84. The standard InChI is InChI=1S/C25H31FN2O2/c1-2-23(25(30)27-22-10-6-7-11-22)28(17-16-19-8-4-3-5-9-19)24(29)18-20-12-14-21(26)15-13-20/h3-5,8-9,12-15,22-23H,2,6-7,10-11,16-18H2,1H3,(H,27,30)/t23-/m1/s1. The van der Waals surface area contributed by atoms with Crippen LogP contribution in [0.2, 0.25) is 0 Å². The van der Waals surface area contributed by atoms with Crippen molar-refractivity contribution in [1.82, 2.24) is 10.2 Å². The quantitative estimate of drug-likeness (QED) is 0.671. The summed E-state index contributed by atoms with van der Waals surface area (Å²) in [6.45, 7) is 2.42. The van der Waals surface area contributed by atoms with Crippen molar-refractivity contribution in [3.8, 4) is 0 Å². The SMILES string of the molecule is CC[C@H](C(=O)NC1CCCC1)N(CCc1ccccc1)C(=O)Cc1ccc(F)cc1. The van der Waals surface area contributed by atoms with E-state index in [4.69, 9.17) is 0 Å². The normalized spacial score (nSPS) is 15.0. The third-order valence-electron chi connectivity index (χ3n) is 5.84. The lowest BCUT2D eigenvalue weighted by molar-refractivity contribution is -0.140. The lowest BCUT2D eigenvalue weighted by Gasteiger charge is -2.31. The molecule has 1 aliphatic rings. The summed E-state index contributed by atoms with van der Waals surface area (Å²) in [5, 5.41) is 3.15. The molecule has 0 aromatic heterocycles. The maximum atomic E-state index is 13.2. The van der Waals surface area contributed by atoms with E-state index in [1.165, 1.54) is 12.1 Å². The van der Waals surface area contributed by atoms with Gasteiger partial charge in [-0.3, -0.25) is 9.59 Å². The third kappa shape index (κ3) is 6.15. The first-order valence-electron chi connectivity index (χ1n) is 10.9. The number of nitrogens with one attached hydrogen (secondary N) is 1. The fourth-order valence-electron chi connectivity index (χ4n) is 4.14. The van der Waals surface area contributed by atoms with Crippen LogP contribution in [0.5, 0.6) is 0 Å². The molecule has 0 spiro atoms. The molecule has 0 saturated heterocycles. The van der Waals surface area contributed by atoms with Gasteiger partial charge >= 0.3 is 0 Å². The first-order chi connectivity index (χ1) is 14.6. The zero-order valence-corrected chi connectivity index (χ0v) is 17.6. The van der Waals surface area contributed by atoms with Gasteiger partial charge in [0.05, 0.1) is 6.42 Å². The molecule has 3 rings (SSSR count). The smallest absolute Gasteiger partial charge is 0.243 e. The van der Waals surface area contributed by atoms with E-state index in [0.717, 1.165) is 36.8 Å². The molecule has 30 heavy (non-hydrogen) atoms. The molecule has 5 heteroatoms. The highest BCUT2D eigenvalue weighted by Crippen LogP contribution is 2.19. The summed E-state index contributed by atoms with van der Waals surface area (Å²) in [5.74, 6) is -0.495. The molecule has 2 aromatic rings. The number of nitrogens with zero attached hydrogens (tertiary/aromatic N) is 1. The van der Waals surface area contributed by atoms with E-state index >= 15 is 0 Å². The fourth-order valence-corrected chi connectivity index (χ4v) is 4.14. The van der Waals surface area contributed by atoms with E-state index in [1.807, 2.05) is 37.3 Å². The van der Waals surface area contributed by atoms with Gasteiger partial charge in [-0.1, -0.05) is 62.2 Å². The zero-order chi connectivity index (χ0) is 21.3. The average molecular weight is 411 g/mol. The fraction of sp³-hybridized carbons (Fsp3) is 0.440. The van der Waals surface area contributed by atoms with Crippen LogP contribution in [0.15, 0.2) is 54.6 Å². The number of benzene rings is 2. The molecule has 1 N–H and O–H groups in total. The summed E-state index contributed by atoms with van der Waals surface area (Å²) in [7, 11) is 0. The van der Waals surface area contributed by atoms with E-state index in [9.17, 15) is 14.0 Å². The van der Waals surface area contributed by atoms with Crippen LogP contribution < -0.4 is 5.32 Å². The highest BCUT2D eigenvalue weighted by atomic mass is 19.1. The Morgan fingerprint density at radius 3 is 2.33 bits per heavy atom. The Hall–Kier alpha value is -2.69. The second-order valence-corrected chi connectivity index (χ2v) is 8.04. The summed E-state index contributed by atoms with van der Waals surface area (Å²) >= 11 is 0. The highest BCUT2D eigenvalue weighted by molar-refractivity contribution is 5.88. The topological polar surface area (TPSA) is 49.4 Å². The van der Waals surface area contributed by atoms with Crippen LogP contribution >= 0.6 is 0 Å². The van der Waals surface area contributed by atoms with Gasteiger partial charge in [0, 0.05) is 12.6 Å². The second kappa shape index (κ2) is 10.9. The van der Waals surface area contributed by atoms with Crippen molar-refractivity contribution in [3.63, 3.8) is 0 Å². The molecule has 1 aliphatic carbocycles. The van der Waals surface area contributed by atoms with Gasteiger partial charge in [-0.15, -0.1) is 0 Å². The van der Waals surface area contributed by atoms with Crippen LogP contribution in [0.25, 0.3) is 0 Å². The van der Waals surface area contributed by atoms with E-state index in [1.54, 1.807) is 17.0 Å². The summed E-state index contributed by atoms with van der Waals surface area (Å²) in [5.41, 5.74) is 1.88. The Labute approximate surface area is 178 Å². The summed E-state index contributed by atoms with van der Waals surface area (Å²) < 4.78 is 13.2. The van der Waals surface area contributed by atoms with Crippen LogP contribution in [0, 0.1) is 5.82 Å².